The number of carbonyl (C=O) groups excluding carboxylic acids is 1. The zero-order valence-corrected chi connectivity index (χ0v) is 22.8. The molecule has 1 aliphatic heterocycles. The van der Waals surface area contributed by atoms with Crippen LogP contribution in [0.15, 0.2) is 47.4 Å². The van der Waals surface area contributed by atoms with Crippen molar-refractivity contribution in [1.29, 1.82) is 0 Å². The average Bonchev–Trinajstić information content (AvgIpc) is 3.73. The van der Waals surface area contributed by atoms with Crippen molar-refractivity contribution in [1.82, 2.24) is 14.3 Å². The highest BCUT2D eigenvalue weighted by Crippen LogP contribution is 2.46. The van der Waals surface area contributed by atoms with Crippen LogP contribution in [0.25, 0.3) is 28.1 Å². The molecule has 0 radical (unpaired) electrons. The van der Waals surface area contributed by atoms with Gasteiger partial charge in [-0.2, -0.15) is 16.4 Å². The van der Waals surface area contributed by atoms with E-state index in [2.05, 4.69) is 18.3 Å². The molecule has 2 aliphatic rings. The predicted octanol–water partition coefficient (Wildman–Crippen LogP) is 6.27. The fourth-order valence-corrected chi connectivity index (χ4v) is 6.47. The minimum absolute atomic E-state index is 0.0534. The first-order chi connectivity index (χ1) is 18.4. The fraction of sp³-hybridized carbons (Fsp3) is 0.400. The van der Waals surface area contributed by atoms with Crippen LogP contribution in [0.2, 0.25) is 0 Å². The van der Waals surface area contributed by atoms with Gasteiger partial charge in [-0.1, -0.05) is 6.92 Å². The Morgan fingerprint density at radius 1 is 1.29 bits per heavy atom. The molecule has 4 aromatic rings. The highest BCUT2D eigenvalue weighted by atomic mass is 32.1. The number of rotatable bonds is 8. The lowest BCUT2D eigenvalue weighted by Gasteiger charge is -2.22. The van der Waals surface area contributed by atoms with Gasteiger partial charge in [0.2, 0.25) is 0 Å². The van der Waals surface area contributed by atoms with E-state index < -0.39 is 0 Å². The van der Waals surface area contributed by atoms with Crippen LogP contribution in [-0.4, -0.2) is 38.5 Å². The molecular weight excluding hydrogens is 498 g/mol. The molecule has 8 heteroatoms. The first-order valence-electron chi connectivity index (χ1n) is 13.3. The number of methoxy groups -OCH3 is 1. The Kier molecular flexibility index (Phi) is 6.61. The third-order valence-electron chi connectivity index (χ3n) is 8.01. The number of aryl methyl sites for hydroxylation is 1. The van der Waals surface area contributed by atoms with E-state index in [9.17, 15) is 9.90 Å². The molecule has 0 amide bonds. The fourth-order valence-electron chi connectivity index (χ4n) is 5.86. The zero-order valence-electron chi connectivity index (χ0n) is 22.0. The number of benzene rings is 1. The Labute approximate surface area is 226 Å². The summed E-state index contributed by atoms with van der Waals surface area (Å²) in [5.74, 6) is 1.86. The predicted molar refractivity (Wildman–Crippen MR) is 148 cm³/mol. The van der Waals surface area contributed by atoms with Crippen LogP contribution >= 0.6 is 11.3 Å². The smallest absolute Gasteiger partial charge is 0.186 e. The van der Waals surface area contributed by atoms with Crippen molar-refractivity contribution in [3.8, 4) is 39.6 Å². The molecule has 1 unspecified atom stereocenters. The van der Waals surface area contributed by atoms with E-state index in [4.69, 9.17) is 14.6 Å². The molecule has 1 aromatic carbocycles. The van der Waals surface area contributed by atoms with E-state index in [1.165, 1.54) is 0 Å². The summed E-state index contributed by atoms with van der Waals surface area (Å²) < 4.78 is 15.9. The zero-order chi connectivity index (χ0) is 26.4. The minimum Gasteiger partial charge on any atom is -0.496 e. The van der Waals surface area contributed by atoms with E-state index in [-0.39, 0.29) is 24.4 Å². The van der Waals surface area contributed by atoms with Crippen molar-refractivity contribution < 1.29 is 19.4 Å². The van der Waals surface area contributed by atoms with Crippen LogP contribution in [0.5, 0.6) is 11.5 Å². The summed E-state index contributed by atoms with van der Waals surface area (Å²) in [6.07, 6.45) is 8.40. The van der Waals surface area contributed by atoms with Gasteiger partial charge in [-0.3, -0.25) is 4.79 Å². The summed E-state index contributed by atoms with van der Waals surface area (Å²) in [6.45, 7) is 2.28. The Morgan fingerprint density at radius 3 is 2.84 bits per heavy atom. The molecule has 3 atom stereocenters. The molecular formula is C30H33N3O4S. The summed E-state index contributed by atoms with van der Waals surface area (Å²) in [7, 11) is 3.66. The molecule has 4 heterocycles. The number of aliphatic hydroxyl groups is 1. The monoisotopic (exact) mass is 531 g/mol. The third kappa shape index (κ3) is 4.46. The van der Waals surface area contributed by atoms with Crippen molar-refractivity contribution in [2.45, 2.75) is 51.7 Å². The average molecular weight is 532 g/mol. The number of carbonyl (C=O) groups is 1. The molecule has 7 nitrogen and oxygen atoms in total. The molecule has 198 valence electrons. The summed E-state index contributed by atoms with van der Waals surface area (Å²) in [5.41, 5.74) is 6.07. The first kappa shape index (κ1) is 24.9. The summed E-state index contributed by atoms with van der Waals surface area (Å²) >= 11 is 1.60. The van der Waals surface area contributed by atoms with Crippen LogP contribution in [0, 0.1) is 11.8 Å². The number of ether oxygens (including phenoxy) is 2. The van der Waals surface area contributed by atoms with Crippen LogP contribution < -0.4 is 9.47 Å². The van der Waals surface area contributed by atoms with Gasteiger partial charge in [0.15, 0.2) is 5.78 Å². The molecule has 38 heavy (non-hydrogen) atoms. The van der Waals surface area contributed by atoms with Gasteiger partial charge in [-0.05, 0) is 61.6 Å². The van der Waals surface area contributed by atoms with Gasteiger partial charge in [0, 0.05) is 59.1 Å². The number of Topliss-reactive ketones (excluding diaryl/α,β-unsaturated/α-hetero) is 1. The number of aliphatic hydroxyl groups excluding tert-OH is 1. The van der Waals surface area contributed by atoms with Crippen LogP contribution in [0.1, 0.15) is 55.1 Å². The molecule has 0 saturated heterocycles. The Bertz CT molecular complexity index is 1470. The lowest BCUT2D eigenvalue weighted by Crippen LogP contribution is -2.16. The summed E-state index contributed by atoms with van der Waals surface area (Å²) in [6, 6.07) is 8.11. The molecule has 3 aromatic heterocycles. The molecule has 1 aliphatic carbocycles. The highest BCUT2D eigenvalue weighted by Gasteiger charge is 2.33. The number of fused-ring (bicyclic) bond motifs is 3. The Hall–Kier alpha value is -3.36. The maximum atomic E-state index is 13.8. The van der Waals surface area contributed by atoms with Gasteiger partial charge in [0.25, 0.3) is 0 Å². The van der Waals surface area contributed by atoms with Crippen LogP contribution in [-0.2, 0) is 13.7 Å². The van der Waals surface area contributed by atoms with Gasteiger partial charge in [-0.25, -0.2) is 4.68 Å². The number of nitrogens with zero attached hydrogens (tertiary/aromatic N) is 3. The van der Waals surface area contributed by atoms with Crippen LogP contribution in [0.3, 0.4) is 0 Å². The standard InChI is InChI=1S/C30H33N3O4S/c1-18(4-5-19-6-7-22(34)12-19)30(35)28-25-16-37-27-14-26(36-3)23(20-8-10-32(2)15-20)13-24(27)29(25)33(31-28)21-9-11-38-17-21/h8-11,13-15,17-19,22,34H,4-7,12,16H2,1-3H3/t18?,19-,22+/m0/s1. The second-order valence-corrected chi connectivity index (χ2v) is 11.4. The molecule has 1 N–H and O–H groups in total. The minimum atomic E-state index is -0.184. The van der Waals surface area contributed by atoms with Gasteiger partial charge in [-0.15, -0.1) is 0 Å². The largest absolute Gasteiger partial charge is 0.496 e. The van der Waals surface area contributed by atoms with Crippen molar-refractivity contribution in [2.75, 3.05) is 7.11 Å². The summed E-state index contributed by atoms with van der Waals surface area (Å²) in [5, 5.41) is 18.9. The second-order valence-electron chi connectivity index (χ2n) is 10.6. The van der Waals surface area contributed by atoms with Crippen LogP contribution in [0.4, 0.5) is 0 Å². The van der Waals surface area contributed by atoms with Gasteiger partial charge < -0.3 is 19.1 Å². The van der Waals surface area contributed by atoms with Crippen molar-refractivity contribution in [2.24, 2.45) is 18.9 Å². The molecule has 0 spiro atoms. The molecule has 0 bridgehead atoms. The van der Waals surface area contributed by atoms with E-state index in [1.807, 2.05) is 52.3 Å². The lowest BCUT2D eigenvalue weighted by molar-refractivity contribution is 0.0911. The lowest BCUT2D eigenvalue weighted by atomic mass is 9.90. The second kappa shape index (κ2) is 10.1. The van der Waals surface area contributed by atoms with E-state index in [0.29, 0.717) is 11.6 Å². The summed E-state index contributed by atoms with van der Waals surface area (Å²) in [4.78, 5) is 13.8. The maximum absolute atomic E-state index is 13.8. The Morgan fingerprint density at radius 2 is 2.16 bits per heavy atom. The number of hydrogen-bond acceptors (Lipinski definition) is 6. The molecule has 1 fully saturated rings. The molecule has 6 rings (SSSR count). The third-order valence-corrected chi connectivity index (χ3v) is 8.68. The van der Waals surface area contributed by atoms with Gasteiger partial charge >= 0.3 is 0 Å². The maximum Gasteiger partial charge on any atom is 0.186 e. The van der Waals surface area contributed by atoms with Gasteiger partial charge in [0.1, 0.15) is 23.8 Å². The first-order valence-corrected chi connectivity index (χ1v) is 14.2. The number of hydrogen-bond donors (Lipinski definition) is 1. The Balaban J connectivity index is 1.41. The van der Waals surface area contributed by atoms with Crippen molar-refractivity contribution in [3.63, 3.8) is 0 Å². The van der Waals surface area contributed by atoms with Gasteiger partial charge in [0.05, 0.1) is 24.6 Å². The van der Waals surface area contributed by atoms with Crippen molar-refractivity contribution >= 4 is 17.1 Å². The topological polar surface area (TPSA) is 78.5 Å². The van der Waals surface area contributed by atoms with E-state index in [0.717, 1.165) is 77.2 Å². The normalized spacial score (nSPS) is 19.1. The van der Waals surface area contributed by atoms with E-state index >= 15 is 0 Å². The number of aromatic nitrogens is 3. The number of thiophene rings is 1. The van der Waals surface area contributed by atoms with Crippen molar-refractivity contribution in [3.05, 3.63) is 58.7 Å². The molecule has 1 saturated carbocycles. The quantitative estimate of drug-likeness (QED) is 0.271. The highest BCUT2D eigenvalue weighted by molar-refractivity contribution is 7.08. The van der Waals surface area contributed by atoms with E-state index in [1.54, 1.807) is 18.4 Å². The SMILES string of the molecule is COc1cc2c(cc1-c1ccn(C)c1)-c1c(c(C(=O)C(C)CC[C@H]3CC[C@@H](O)C3)nn1-c1ccsc1)CO2. The number of ketones is 1.